The molecule has 0 saturated heterocycles. The number of nitrogens with zero attached hydrogens (tertiary/aromatic N) is 7. The van der Waals surface area contributed by atoms with Crippen LogP contribution in [0.1, 0.15) is 21.9 Å². The zero-order chi connectivity index (χ0) is 22.0. The average Bonchev–Trinajstić information content (AvgIpc) is 3.48. The molecule has 0 unspecified atom stereocenters. The molecule has 0 spiro atoms. The maximum absolute atomic E-state index is 12.3. The van der Waals surface area contributed by atoms with Gasteiger partial charge in [0.05, 0.1) is 16.8 Å². The van der Waals surface area contributed by atoms with Gasteiger partial charge in [-0.05, 0) is 29.4 Å². The van der Waals surface area contributed by atoms with Crippen LogP contribution in [0.4, 0.5) is 11.5 Å². The summed E-state index contributed by atoms with van der Waals surface area (Å²) in [4.78, 5) is 22.7. The number of aromatic nitrogens is 5. The van der Waals surface area contributed by atoms with Crippen LogP contribution in [-0.2, 0) is 0 Å². The molecule has 0 aliphatic heterocycles. The predicted molar refractivity (Wildman–Crippen MR) is 104 cm³/mol. The Morgan fingerprint density at radius 2 is 2.16 bits per heavy atom. The minimum absolute atomic E-state index is 0.00345. The normalized spacial score (nSPS) is 11.1. The minimum atomic E-state index is -0.625. The van der Waals surface area contributed by atoms with Crippen molar-refractivity contribution in [2.75, 3.05) is 5.73 Å². The Labute approximate surface area is 172 Å². The van der Waals surface area contributed by atoms with Crippen LogP contribution in [0.15, 0.2) is 50.5 Å². The van der Waals surface area contributed by atoms with E-state index in [0.717, 1.165) is 0 Å². The van der Waals surface area contributed by atoms with Crippen LogP contribution in [0.25, 0.3) is 17.1 Å². The molecule has 0 aliphatic carbocycles. The lowest BCUT2D eigenvalue weighted by Gasteiger charge is -1.99. The van der Waals surface area contributed by atoms with E-state index >= 15 is 0 Å². The molecule has 0 aliphatic rings. The number of benzene rings is 1. The molecule has 0 fully saturated rings. The van der Waals surface area contributed by atoms with Gasteiger partial charge in [-0.25, -0.2) is 10.1 Å². The lowest BCUT2D eigenvalue weighted by molar-refractivity contribution is -0.384. The van der Waals surface area contributed by atoms with Gasteiger partial charge in [-0.2, -0.15) is 9.78 Å². The maximum atomic E-state index is 12.3. The largest absolute Gasteiger partial charge is 0.455 e. The molecule has 0 saturated carbocycles. The smallest absolute Gasteiger partial charge is 0.293 e. The third-order valence-corrected chi connectivity index (χ3v) is 4.13. The molecule has 3 N–H and O–H groups in total. The Balaban J connectivity index is 1.45. The first-order valence-corrected chi connectivity index (χ1v) is 8.63. The van der Waals surface area contributed by atoms with E-state index in [1.165, 1.54) is 23.0 Å². The Hall–Kier alpha value is -4.88. The van der Waals surface area contributed by atoms with Crippen molar-refractivity contribution in [1.82, 2.24) is 30.7 Å². The highest BCUT2D eigenvalue weighted by molar-refractivity contribution is 5.94. The Bertz CT molecular complexity index is 1300. The Morgan fingerprint density at radius 3 is 2.90 bits per heavy atom. The summed E-state index contributed by atoms with van der Waals surface area (Å²) in [5.41, 5.74) is 8.75. The SMILES string of the molecule is Cc1c(C(=O)NN=Cc2ccc(-c3cccc([N+](=O)[O-])c3)o2)nnn1-c1nonc1N. The number of amides is 1. The van der Waals surface area contributed by atoms with Gasteiger partial charge in [-0.3, -0.25) is 14.9 Å². The number of nitro benzene ring substituents is 1. The van der Waals surface area contributed by atoms with Crippen molar-refractivity contribution in [2.24, 2.45) is 5.10 Å². The van der Waals surface area contributed by atoms with E-state index in [9.17, 15) is 14.9 Å². The van der Waals surface area contributed by atoms with Crippen molar-refractivity contribution in [1.29, 1.82) is 0 Å². The summed E-state index contributed by atoms with van der Waals surface area (Å²) in [5.74, 6) is 0.213. The molecule has 14 nitrogen and oxygen atoms in total. The first-order valence-electron chi connectivity index (χ1n) is 8.63. The summed E-state index contributed by atoms with van der Waals surface area (Å²) in [6, 6.07) is 9.25. The summed E-state index contributed by atoms with van der Waals surface area (Å²) in [7, 11) is 0. The summed E-state index contributed by atoms with van der Waals surface area (Å²) < 4.78 is 11.3. The predicted octanol–water partition coefficient (Wildman–Crippen LogP) is 1.47. The molecular weight excluding hydrogens is 410 g/mol. The van der Waals surface area contributed by atoms with Crippen molar-refractivity contribution in [2.45, 2.75) is 6.92 Å². The molecule has 156 valence electrons. The quantitative estimate of drug-likeness (QED) is 0.260. The van der Waals surface area contributed by atoms with E-state index in [0.29, 0.717) is 22.8 Å². The summed E-state index contributed by atoms with van der Waals surface area (Å²) in [6.07, 6.45) is 1.28. The van der Waals surface area contributed by atoms with Crippen LogP contribution in [0, 0.1) is 17.0 Å². The molecule has 0 radical (unpaired) electrons. The zero-order valence-corrected chi connectivity index (χ0v) is 15.8. The first kappa shape index (κ1) is 19.4. The molecule has 31 heavy (non-hydrogen) atoms. The number of non-ortho nitro benzene ring substituents is 1. The molecule has 4 rings (SSSR count). The Kier molecular flexibility index (Phi) is 4.93. The topological polar surface area (TPSA) is 193 Å². The second-order valence-electron chi connectivity index (χ2n) is 6.12. The van der Waals surface area contributed by atoms with Gasteiger partial charge in [-0.15, -0.1) is 5.10 Å². The van der Waals surface area contributed by atoms with Gasteiger partial charge in [0.15, 0.2) is 5.69 Å². The Morgan fingerprint density at radius 1 is 1.32 bits per heavy atom. The van der Waals surface area contributed by atoms with Gasteiger partial charge < -0.3 is 10.2 Å². The van der Waals surface area contributed by atoms with Crippen LogP contribution < -0.4 is 11.2 Å². The van der Waals surface area contributed by atoms with Gasteiger partial charge in [0.2, 0.25) is 11.6 Å². The van der Waals surface area contributed by atoms with Crippen molar-refractivity contribution in [3.8, 4) is 17.1 Å². The van der Waals surface area contributed by atoms with E-state index in [1.807, 2.05) is 0 Å². The second-order valence-corrected chi connectivity index (χ2v) is 6.12. The number of carbonyl (C=O) groups excluding carboxylic acids is 1. The number of nitrogens with two attached hydrogens (primary N) is 1. The fourth-order valence-corrected chi connectivity index (χ4v) is 2.64. The summed E-state index contributed by atoms with van der Waals surface area (Å²) in [5, 5.41) is 29.4. The van der Waals surface area contributed by atoms with E-state index < -0.39 is 10.8 Å². The third kappa shape index (κ3) is 3.84. The number of carbonyl (C=O) groups is 1. The zero-order valence-electron chi connectivity index (χ0n) is 15.8. The van der Waals surface area contributed by atoms with E-state index in [1.54, 1.807) is 31.2 Å². The molecular formula is C17H13N9O5. The van der Waals surface area contributed by atoms with E-state index in [4.69, 9.17) is 10.2 Å². The number of hydrazone groups is 1. The van der Waals surface area contributed by atoms with Crippen molar-refractivity contribution < 1.29 is 18.8 Å². The minimum Gasteiger partial charge on any atom is -0.455 e. The molecule has 3 aromatic heterocycles. The fraction of sp³-hybridized carbons (Fsp3) is 0.0588. The van der Waals surface area contributed by atoms with Gasteiger partial charge >= 0.3 is 0 Å². The second kappa shape index (κ2) is 7.86. The van der Waals surface area contributed by atoms with Crippen LogP contribution >= 0.6 is 0 Å². The number of anilines is 1. The number of nitrogens with one attached hydrogen (secondary N) is 1. The van der Waals surface area contributed by atoms with Gasteiger partial charge in [0, 0.05) is 17.7 Å². The van der Waals surface area contributed by atoms with E-state index in [-0.39, 0.29) is 23.0 Å². The number of nitrogen functional groups attached to an aromatic ring is 1. The molecule has 14 heteroatoms. The first-order chi connectivity index (χ1) is 14.9. The monoisotopic (exact) mass is 423 g/mol. The molecule has 0 bridgehead atoms. The van der Waals surface area contributed by atoms with Crippen molar-refractivity contribution in [3.63, 3.8) is 0 Å². The van der Waals surface area contributed by atoms with E-state index in [2.05, 4.69) is 35.8 Å². The number of hydrogen-bond donors (Lipinski definition) is 2. The standard InChI is InChI=1S/C17H13N9O5/c1-9-14(20-24-25(9)16-15(18)22-31-23-16)17(27)21-19-8-12-5-6-13(30-12)10-3-2-4-11(7-10)26(28)29/h2-8H,1H3,(H2,18,22)(H,21,27). The number of hydrogen-bond acceptors (Lipinski definition) is 11. The van der Waals surface area contributed by atoms with Crippen LogP contribution in [0.5, 0.6) is 0 Å². The lowest BCUT2D eigenvalue weighted by Crippen LogP contribution is -2.19. The van der Waals surface area contributed by atoms with Crippen molar-refractivity contribution >= 4 is 23.6 Å². The summed E-state index contributed by atoms with van der Waals surface area (Å²) in [6.45, 7) is 1.59. The van der Waals surface area contributed by atoms with Crippen LogP contribution in [0.3, 0.4) is 0 Å². The lowest BCUT2D eigenvalue weighted by atomic mass is 10.1. The molecule has 0 atom stereocenters. The highest BCUT2D eigenvalue weighted by Gasteiger charge is 2.20. The van der Waals surface area contributed by atoms with Crippen LogP contribution in [0.2, 0.25) is 0 Å². The van der Waals surface area contributed by atoms with Crippen molar-refractivity contribution in [3.05, 3.63) is 63.7 Å². The fourth-order valence-electron chi connectivity index (χ4n) is 2.64. The molecule has 4 aromatic rings. The third-order valence-electron chi connectivity index (χ3n) is 4.13. The number of nitro groups is 1. The number of rotatable bonds is 6. The molecule has 3 heterocycles. The average molecular weight is 423 g/mol. The molecule has 1 amide bonds. The van der Waals surface area contributed by atoms with Crippen LogP contribution in [-0.4, -0.2) is 42.4 Å². The molecule has 1 aromatic carbocycles. The highest BCUT2D eigenvalue weighted by atomic mass is 16.6. The van der Waals surface area contributed by atoms with Gasteiger partial charge in [-0.1, -0.05) is 17.3 Å². The van der Waals surface area contributed by atoms with Gasteiger partial charge in [0.1, 0.15) is 11.5 Å². The highest BCUT2D eigenvalue weighted by Crippen LogP contribution is 2.25. The van der Waals surface area contributed by atoms with Gasteiger partial charge in [0.25, 0.3) is 11.6 Å². The number of furan rings is 1. The maximum Gasteiger partial charge on any atom is 0.293 e. The summed E-state index contributed by atoms with van der Waals surface area (Å²) >= 11 is 0.